The van der Waals surface area contributed by atoms with E-state index in [0.29, 0.717) is 12.2 Å². The number of aliphatic carboxylic acids is 1. The summed E-state index contributed by atoms with van der Waals surface area (Å²) in [4.78, 5) is 10.4. The summed E-state index contributed by atoms with van der Waals surface area (Å²) >= 11 is 0. The van der Waals surface area contributed by atoms with Crippen molar-refractivity contribution in [3.8, 4) is 5.75 Å². The quantitative estimate of drug-likeness (QED) is 0.770. The maximum Gasteiger partial charge on any atom is 1.00 e. The van der Waals surface area contributed by atoms with Crippen LogP contribution in [0.1, 0.15) is 11.1 Å². The Labute approximate surface area is 127 Å². The predicted molar refractivity (Wildman–Crippen MR) is 65.9 cm³/mol. The molecule has 3 nitrogen and oxygen atoms in total. The predicted octanol–water partition coefficient (Wildman–Crippen LogP) is 1.56. The van der Waals surface area contributed by atoms with Gasteiger partial charge in [0.05, 0.1) is 0 Å². The average Bonchev–Trinajstić information content (AvgIpc) is 2.38. The van der Waals surface area contributed by atoms with Crippen molar-refractivity contribution < 1.29 is 37.0 Å². The Morgan fingerprint density at radius 3 is 2.16 bits per heavy atom. The van der Waals surface area contributed by atoms with Crippen LogP contribution in [0.4, 0.5) is 0 Å². The van der Waals surface area contributed by atoms with Gasteiger partial charge in [-0.25, -0.2) is 0 Å². The molecule has 0 atom stereocenters. The number of rotatable bonds is 5. The molecule has 0 bridgehead atoms. The summed E-state index contributed by atoms with van der Waals surface area (Å²) < 4.78 is 5.59. The molecule has 0 radical (unpaired) electrons. The smallest absolute Gasteiger partial charge is 0.550 e. The maximum atomic E-state index is 10.4. The monoisotopic (exact) mass is 348 g/mol. The molecule has 19 heavy (non-hydrogen) atoms. The fourth-order valence-corrected chi connectivity index (χ4v) is 1.61. The number of carboxylic acids is 1. The van der Waals surface area contributed by atoms with E-state index in [1.54, 1.807) is 24.3 Å². The van der Waals surface area contributed by atoms with Gasteiger partial charge in [-0.2, -0.15) is 0 Å². The van der Waals surface area contributed by atoms with E-state index in [2.05, 4.69) is 0 Å². The third kappa shape index (κ3) is 5.30. The van der Waals surface area contributed by atoms with Crippen LogP contribution in [-0.2, 0) is 40.2 Å². The minimum atomic E-state index is -1.08. The molecule has 2 rings (SSSR count). The van der Waals surface area contributed by atoms with E-state index < -0.39 is 5.97 Å². The van der Waals surface area contributed by atoms with E-state index in [4.69, 9.17) is 4.74 Å². The number of carbonyl (C=O) groups is 1. The van der Waals surface area contributed by atoms with Crippen molar-refractivity contribution in [3.05, 3.63) is 65.7 Å². The van der Waals surface area contributed by atoms with Gasteiger partial charge in [-0.15, -0.1) is 0 Å². The van der Waals surface area contributed by atoms with Gasteiger partial charge in [-0.3, -0.25) is 0 Å². The molecule has 0 spiro atoms. The van der Waals surface area contributed by atoms with Crippen LogP contribution in [-0.4, -0.2) is 5.97 Å². The van der Waals surface area contributed by atoms with E-state index in [9.17, 15) is 9.90 Å². The molecule has 4 heteroatoms. The molecule has 0 unspecified atom stereocenters. The SMILES string of the molecule is O=C([O-])Cc1ccc(OCc2ccccc2)cc1.[Ag+]. The van der Waals surface area contributed by atoms with Crippen LogP contribution in [0.25, 0.3) is 0 Å². The molecular weight excluding hydrogens is 336 g/mol. The molecule has 0 fully saturated rings. The molecular formula is C15H13AgO3. The van der Waals surface area contributed by atoms with E-state index in [1.165, 1.54) is 0 Å². The molecule has 0 aliphatic rings. The Morgan fingerprint density at radius 2 is 1.58 bits per heavy atom. The second-order valence-corrected chi connectivity index (χ2v) is 3.97. The van der Waals surface area contributed by atoms with Crippen molar-refractivity contribution >= 4 is 5.97 Å². The Bertz CT molecular complexity index is 509. The number of carboxylic acid groups (broad SMARTS) is 1. The second kappa shape index (κ2) is 7.79. The molecule has 0 aliphatic heterocycles. The summed E-state index contributed by atoms with van der Waals surface area (Å²) in [5.41, 5.74) is 1.80. The molecule has 0 amide bonds. The van der Waals surface area contributed by atoms with Crippen LogP contribution < -0.4 is 9.84 Å². The molecule has 0 heterocycles. The van der Waals surface area contributed by atoms with Crippen molar-refractivity contribution in [2.45, 2.75) is 13.0 Å². The summed E-state index contributed by atoms with van der Waals surface area (Å²) in [6.07, 6.45) is -0.0705. The minimum absolute atomic E-state index is 0. The molecule has 102 valence electrons. The number of hydrogen-bond donors (Lipinski definition) is 0. The summed E-state index contributed by atoms with van der Waals surface area (Å²) in [7, 11) is 0. The Balaban J connectivity index is 0.00000180. The number of carbonyl (C=O) groups excluding carboxylic acids is 1. The number of ether oxygens (including phenoxy) is 1. The molecule has 2 aromatic rings. The molecule has 0 saturated carbocycles. The van der Waals surface area contributed by atoms with E-state index in [1.807, 2.05) is 30.3 Å². The first-order valence-corrected chi connectivity index (χ1v) is 5.69. The zero-order chi connectivity index (χ0) is 12.8. The molecule has 0 N–H and O–H groups in total. The van der Waals surface area contributed by atoms with Crippen LogP contribution in [0.15, 0.2) is 54.6 Å². The van der Waals surface area contributed by atoms with Gasteiger partial charge in [-0.05, 0) is 23.3 Å². The molecule has 0 aromatic heterocycles. The third-order valence-electron chi connectivity index (χ3n) is 2.52. The van der Waals surface area contributed by atoms with Gasteiger partial charge in [0.25, 0.3) is 0 Å². The first-order chi connectivity index (χ1) is 8.74. The van der Waals surface area contributed by atoms with Crippen molar-refractivity contribution in [1.29, 1.82) is 0 Å². The zero-order valence-electron chi connectivity index (χ0n) is 10.1. The maximum absolute atomic E-state index is 10.4. The molecule has 0 aliphatic carbocycles. The normalized spacial score (nSPS) is 9.47. The molecule has 0 saturated heterocycles. The van der Waals surface area contributed by atoms with Crippen molar-refractivity contribution in [1.82, 2.24) is 0 Å². The fourth-order valence-electron chi connectivity index (χ4n) is 1.61. The second-order valence-electron chi connectivity index (χ2n) is 3.97. The first kappa shape index (κ1) is 15.5. The van der Waals surface area contributed by atoms with Crippen LogP contribution >= 0.6 is 0 Å². The standard InChI is InChI=1S/C15H14O3.Ag/c16-15(17)10-12-6-8-14(9-7-12)18-11-13-4-2-1-3-5-13;/h1-9H,10-11H2,(H,16,17);/q;+1/p-1. The van der Waals surface area contributed by atoms with Gasteiger partial charge in [-0.1, -0.05) is 42.5 Å². The fraction of sp³-hybridized carbons (Fsp3) is 0.133. The van der Waals surface area contributed by atoms with Crippen molar-refractivity contribution in [3.63, 3.8) is 0 Å². The number of hydrogen-bond acceptors (Lipinski definition) is 3. The van der Waals surface area contributed by atoms with Gasteiger partial charge >= 0.3 is 22.4 Å². The summed E-state index contributed by atoms with van der Waals surface area (Å²) in [5.74, 6) is -0.353. The van der Waals surface area contributed by atoms with Gasteiger partial charge < -0.3 is 14.6 Å². The van der Waals surface area contributed by atoms with Crippen LogP contribution in [0, 0.1) is 0 Å². The van der Waals surface area contributed by atoms with Gasteiger partial charge in [0, 0.05) is 12.4 Å². The summed E-state index contributed by atoms with van der Waals surface area (Å²) in [5, 5.41) is 10.4. The molecule has 2 aromatic carbocycles. The first-order valence-electron chi connectivity index (χ1n) is 5.69. The van der Waals surface area contributed by atoms with Crippen LogP contribution in [0.2, 0.25) is 0 Å². The Hall–Kier alpha value is -1.55. The van der Waals surface area contributed by atoms with E-state index >= 15 is 0 Å². The topological polar surface area (TPSA) is 49.4 Å². The van der Waals surface area contributed by atoms with Crippen LogP contribution in [0.5, 0.6) is 5.75 Å². The summed E-state index contributed by atoms with van der Waals surface area (Å²) in [6.45, 7) is 0.501. The van der Waals surface area contributed by atoms with Gasteiger partial charge in [0.15, 0.2) is 0 Å². The minimum Gasteiger partial charge on any atom is -0.550 e. The van der Waals surface area contributed by atoms with Crippen molar-refractivity contribution in [2.24, 2.45) is 0 Å². The number of benzene rings is 2. The average molecular weight is 349 g/mol. The third-order valence-corrected chi connectivity index (χ3v) is 2.52. The zero-order valence-corrected chi connectivity index (χ0v) is 11.6. The Kier molecular flexibility index (Phi) is 6.36. The Morgan fingerprint density at radius 1 is 0.947 bits per heavy atom. The van der Waals surface area contributed by atoms with Gasteiger partial charge in [0.2, 0.25) is 0 Å². The van der Waals surface area contributed by atoms with Crippen molar-refractivity contribution in [2.75, 3.05) is 0 Å². The summed E-state index contributed by atoms with van der Waals surface area (Å²) in [6, 6.07) is 16.9. The van der Waals surface area contributed by atoms with Gasteiger partial charge in [0.1, 0.15) is 12.4 Å². The van der Waals surface area contributed by atoms with Crippen LogP contribution in [0.3, 0.4) is 0 Å². The largest absolute Gasteiger partial charge is 1.00 e. The van der Waals surface area contributed by atoms with E-state index in [-0.39, 0.29) is 28.8 Å². The van der Waals surface area contributed by atoms with E-state index in [0.717, 1.165) is 11.3 Å².